The number of aromatic nitrogens is 1. The number of hydrogen-bond donors (Lipinski definition) is 0. The standard InChI is InChI=1S/C24H27ClN2O2S/c1-5-18(4)27(24(28)19-6-8-20(25)9-7-19)13-21-15-30-23(26-21)14-29-22-11-16(2)10-17(3)12-22/h6-12,15,18H,5,13-14H2,1-4H3/t18-/m1/s1. The molecule has 0 spiro atoms. The molecule has 0 saturated carbocycles. The molecule has 30 heavy (non-hydrogen) atoms. The monoisotopic (exact) mass is 442 g/mol. The number of carbonyl (C=O) groups excluding carboxylic acids is 1. The maximum atomic E-state index is 13.1. The molecule has 158 valence electrons. The van der Waals surface area contributed by atoms with Gasteiger partial charge in [-0.25, -0.2) is 4.98 Å². The Hall–Kier alpha value is -2.37. The summed E-state index contributed by atoms with van der Waals surface area (Å²) in [4.78, 5) is 19.6. The molecule has 6 heteroatoms. The van der Waals surface area contributed by atoms with Crippen LogP contribution in [0.3, 0.4) is 0 Å². The van der Waals surface area contributed by atoms with Gasteiger partial charge < -0.3 is 9.64 Å². The Balaban J connectivity index is 1.69. The lowest BCUT2D eigenvalue weighted by Gasteiger charge is -2.28. The van der Waals surface area contributed by atoms with Crippen molar-refractivity contribution in [1.82, 2.24) is 9.88 Å². The van der Waals surface area contributed by atoms with E-state index in [9.17, 15) is 4.79 Å². The zero-order chi connectivity index (χ0) is 21.7. The van der Waals surface area contributed by atoms with Gasteiger partial charge in [-0.1, -0.05) is 24.6 Å². The van der Waals surface area contributed by atoms with Crippen molar-refractivity contribution >= 4 is 28.8 Å². The molecule has 1 aromatic heterocycles. The van der Waals surface area contributed by atoms with Gasteiger partial charge in [-0.05, 0) is 74.7 Å². The second-order valence-electron chi connectivity index (χ2n) is 7.54. The van der Waals surface area contributed by atoms with Crippen LogP contribution in [0.2, 0.25) is 5.02 Å². The van der Waals surface area contributed by atoms with Crippen LogP contribution in [0.1, 0.15) is 52.5 Å². The van der Waals surface area contributed by atoms with Crippen molar-refractivity contribution in [3.8, 4) is 5.75 Å². The van der Waals surface area contributed by atoms with E-state index in [1.54, 1.807) is 35.6 Å². The maximum absolute atomic E-state index is 13.1. The van der Waals surface area contributed by atoms with Gasteiger partial charge in [0.15, 0.2) is 0 Å². The lowest BCUT2D eigenvalue weighted by atomic mass is 10.1. The van der Waals surface area contributed by atoms with Crippen LogP contribution in [0, 0.1) is 13.8 Å². The van der Waals surface area contributed by atoms with E-state index in [0.29, 0.717) is 23.7 Å². The van der Waals surface area contributed by atoms with E-state index in [1.165, 1.54) is 11.1 Å². The van der Waals surface area contributed by atoms with Gasteiger partial charge in [-0.2, -0.15) is 0 Å². The summed E-state index contributed by atoms with van der Waals surface area (Å²) in [7, 11) is 0. The lowest BCUT2D eigenvalue weighted by molar-refractivity contribution is 0.0669. The summed E-state index contributed by atoms with van der Waals surface area (Å²) >= 11 is 7.52. The second-order valence-corrected chi connectivity index (χ2v) is 8.92. The average molecular weight is 443 g/mol. The third-order valence-electron chi connectivity index (χ3n) is 4.96. The summed E-state index contributed by atoms with van der Waals surface area (Å²) in [6.07, 6.45) is 0.867. The molecule has 0 unspecified atom stereocenters. The first-order valence-corrected chi connectivity index (χ1v) is 11.3. The Kier molecular flexibility index (Phi) is 7.51. The number of amides is 1. The molecule has 0 aliphatic carbocycles. The predicted octanol–water partition coefficient (Wildman–Crippen LogP) is 6.43. The van der Waals surface area contributed by atoms with Crippen molar-refractivity contribution in [1.29, 1.82) is 0 Å². The quantitative estimate of drug-likeness (QED) is 0.403. The smallest absolute Gasteiger partial charge is 0.254 e. The van der Waals surface area contributed by atoms with Crippen molar-refractivity contribution in [2.45, 2.75) is 53.3 Å². The molecule has 1 heterocycles. The van der Waals surface area contributed by atoms with Crippen molar-refractivity contribution in [3.63, 3.8) is 0 Å². The van der Waals surface area contributed by atoms with E-state index >= 15 is 0 Å². The number of halogens is 1. The molecule has 0 bridgehead atoms. The fraction of sp³-hybridized carbons (Fsp3) is 0.333. The molecule has 4 nitrogen and oxygen atoms in total. The highest BCUT2D eigenvalue weighted by atomic mass is 35.5. The van der Waals surface area contributed by atoms with Crippen LogP contribution in [0.4, 0.5) is 0 Å². The summed E-state index contributed by atoms with van der Waals surface area (Å²) in [6.45, 7) is 9.14. The van der Waals surface area contributed by atoms with Crippen LogP contribution in [0.5, 0.6) is 5.75 Å². The minimum atomic E-state index is -0.0120. The van der Waals surface area contributed by atoms with Crippen LogP contribution >= 0.6 is 22.9 Å². The molecule has 0 aliphatic heterocycles. The van der Waals surface area contributed by atoms with Gasteiger partial charge in [0.1, 0.15) is 17.4 Å². The Morgan fingerprint density at radius 3 is 2.47 bits per heavy atom. The van der Waals surface area contributed by atoms with E-state index in [2.05, 4.69) is 33.8 Å². The van der Waals surface area contributed by atoms with E-state index in [-0.39, 0.29) is 11.9 Å². The van der Waals surface area contributed by atoms with Crippen molar-refractivity contribution in [3.05, 3.63) is 80.3 Å². The van der Waals surface area contributed by atoms with Gasteiger partial charge >= 0.3 is 0 Å². The van der Waals surface area contributed by atoms with E-state index in [1.807, 2.05) is 22.4 Å². The minimum absolute atomic E-state index is 0.0120. The Bertz CT molecular complexity index is 980. The molecule has 1 atom stereocenters. The molecular weight excluding hydrogens is 416 g/mol. The molecule has 0 radical (unpaired) electrons. The predicted molar refractivity (Wildman–Crippen MR) is 123 cm³/mol. The highest BCUT2D eigenvalue weighted by molar-refractivity contribution is 7.09. The van der Waals surface area contributed by atoms with E-state index in [0.717, 1.165) is 22.9 Å². The van der Waals surface area contributed by atoms with Crippen molar-refractivity contribution in [2.75, 3.05) is 0 Å². The second kappa shape index (κ2) is 10.1. The highest BCUT2D eigenvalue weighted by Crippen LogP contribution is 2.21. The summed E-state index contributed by atoms with van der Waals surface area (Å²) < 4.78 is 5.92. The van der Waals surface area contributed by atoms with Gasteiger partial charge in [0.25, 0.3) is 5.91 Å². The lowest BCUT2D eigenvalue weighted by Crippen LogP contribution is -2.37. The zero-order valence-electron chi connectivity index (χ0n) is 17.8. The topological polar surface area (TPSA) is 42.4 Å². The van der Waals surface area contributed by atoms with Crippen LogP contribution in [0.15, 0.2) is 47.8 Å². The fourth-order valence-corrected chi connectivity index (χ4v) is 4.05. The zero-order valence-corrected chi connectivity index (χ0v) is 19.4. The number of nitrogens with zero attached hydrogens (tertiary/aromatic N) is 2. The SMILES string of the molecule is CC[C@@H](C)N(Cc1csc(COc2cc(C)cc(C)c2)n1)C(=O)c1ccc(Cl)cc1. The van der Waals surface area contributed by atoms with Crippen molar-refractivity contribution < 1.29 is 9.53 Å². The maximum Gasteiger partial charge on any atom is 0.254 e. The Labute approximate surface area is 187 Å². The molecule has 3 aromatic rings. The summed E-state index contributed by atoms with van der Waals surface area (Å²) in [5.74, 6) is 0.838. The number of benzene rings is 2. The van der Waals surface area contributed by atoms with E-state index in [4.69, 9.17) is 21.3 Å². The highest BCUT2D eigenvalue weighted by Gasteiger charge is 2.22. The molecule has 0 aliphatic rings. The van der Waals surface area contributed by atoms with Crippen LogP contribution in [-0.4, -0.2) is 21.8 Å². The van der Waals surface area contributed by atoms with Gasteiger partial charge in [0.2, 0.25) is 0 Å². The third-order valence-corrected chi connectivity index (χ3v) is 6.09. The molecule has 1 amide bonds. The van der Waals surface area contributed by atoms with E-state index < -0.39 is 0 Å². The number of thiazole rings is 1. The number of aryl methyl sites for hydroxylation is 2. The Morgan fingerprint density at radius 2 is 1.83 bits per heavy atom. The molecule has 2 aromatic carbocycles. The van der Waals surface area contributed by atoms with Gasteiger partial charge in [-0.15, -0.1) is 11.3 Å². The normalized spacial score (nSPS) is 11.9. The first kappa shape index (κ1) is 22.3. The van der Waals surface area contributed by atoms with Gasteiger partial charge in [0, 0.05) is 22.0 Å². The molecule has 0 saturated heterocycles. The van der Waals surface area contributed by atoms with Gasteiger partial charge in [-0.3, -0.25) is 4.79 Å². The number of rotatable bonds is 8. The van der Waals surface area contributed by atoms with Crippen LogP contribution in [-0.2, 0) is 13.2 Å². The summed E-state index contributed by atoms with van der Waals surface area (Å²) in [5, 5.41) is 3.52. The molecular formula is C24H27ClN2O2S. The van der Waals surface area contributed by atoms with Gasteiger partial charge in [0.05, 0.1) is 12.2 Å². The van der Waals surface area contributed by atoms with Crippen molar-refractivity contribution in [2.24, 2.45) is 0 Å². The molecule has 0 N–H and O–H groups in total. The minimum Gasteiger partial charge on any atom is -0.486 e. The number of carbonyl (C=O) groups is 1. The first-order chi connectivity index (χ1) is 14.4. The first-order valence-electron chi connectivity index (χ1n) is 10.1. The third kappa shape index (κ3) is 5.83. The summed E-state index contributed by atoms with van der Waals surface area (Å²) in [6, 6.07) is 13.3. The fourth-order valence-electron chi connectivity index (χ4n) is 3.23. The number of hydrogen-bond acceptors (Lipinski definition) is 4. The van der Waals surface area contributed by atoms with Crippen LogP contribution in [0.25, 0.3) is 0 Å². The molecule has 0 fully saturated rings. The Morgan fingerprint density at radius 1 is 1.17 bits per heavy atom. The molecule has 3 rings (SSSR count). The summed E-state index contributed by atoms with van der Waals surface area (Å²) in [5.41, 5.74) is 3.86. The van der Waals surface area contributed by atoms with Crippen LogP contribution < -0.4 is 4.74 Å². The average Bonchev–Trinajstić information content (AvgIpc) is 3.17. The number of ether oxygens (including phenoxy) is 1. The largest absolute Gasteiger partial charge is 0.486 e.